The van der Waals surface area contributed by atoms with Crippen molar-refractivity contribution in [3.05, 3.63) is 120 Å². The fourth-order valence-electron chi connectivity index (χ4n) is 7.10. The molecule has 2 heterocycles. The smallest absolute Gasteiger partial charge is 0.412 e. The lowest BCUT2D eigenvalue weighted by molar-refractivity contribution is -0.197. The number of para-hydroxylation sites is 2. The van der Waals surface area contributed by atoms with Gasteiger partial charge in [-0.3, -0.25) is 39.1 Å². The summed E-state index contributed by atoms with van der Waals surface area (Å²) in [5.41, 5.74) is 8.48. The lowest BCUT2D eigenvalue weighted by atomic mass is 10.0. The Morgan fingerprint density at radius 3 is 1.97 bits per heavy atom. The van der Waals surface area contributed by atoms with Gasteiger partial charge in [0.15, 0.2) is 0 Å². The van der Waals surface area contributed by atoms with Gasteiger partial charge >= 0.3 is 24.2 Å². The summed E-state index contributed by atoms with van der Waals surface area (Å²) < 4.78 is 10.6. The molecule has 10 amide bonds. The summed E-state index contributed by atoms with van der Waals surface area (Å²) >= 11 is 0. The van der Waals surface area contributed by atoms with Crippen molar-refractivity contribution in [1.29, 1.82) is 0 Å². The van der Waals surface area contributed by atoms with Crippen LogP contribution in [0, 0.1) is 5.92 Å². The summed E-state index contributed by atoms with van der Waals surface area (Å²) in [4.78, 5) is 134. The van der Waals surface area contributed by atoms with E-state index in [0.29, 0.717) is 46.8 Å². The number of hydrogen-bond acceptors (Lipinski definition) is 14. The normalized spacial score (nSPS) is 12.7. The lowest BCUT2D eigenvalue weighted by Crippen LogP contribution is -2.54. The molecule has 23 heteroatoms. The van der Waals surface area contributed by atoms with Crippen LogP contribution >= 0.6 is 0 Å². The molecule has 2 atom stereocenters. The number of amides is 10. The van der Waals surface area contributed by atoms with Crippen LogP contribution in [0.1, 0.15) is 98.7 Å². The monoisotopic (exact) mass is 1020 g/mol. The van der Waals surface area contributed by atoms with Gasteiger partial charge < -0.3 is 51.9 Å². The second-order valence-electron chi connectivity index (χ2n) is 17.3. The van der Waals surface area contributed by atoms with Crippen molar-refractivity contribution in [2.24, 2.45) is 11.7 Å². The number of hydroxylamine groups is 2. The molecule has 1 fully saturated rings. The average Bonchev–Trinajstić information content (AvgIpc) is 3.70. The summed E-state index contributed by atoms with van der Waals surface area (Å²) in [6.45, 7) is 3.66. The number of aromatic nitrogens is 1. The minimum Gasteiger partial charge on any atom is -0.445 e. The van der Waals surface area contributed by atoms with Crippen molar-refractivity contribution in [1.82, 2.24) is 31.3 Å². The molecule has 1 aliphatic rings. The van der Waals surface area contributed by atoms with Gasteiger partial charge in [-0.05, 0) is 85.2 Å². The number of ether oxygens (including phenoxy) is 2. The van der Waals surface area contributed by atoms with Crippen LogP contribution in [0.2, 0.25) is 0 Å². The number of carbonyl (C=O) groups excluding carboxylic acids is 10. The number of nitrogens with zero attached hydrogens (tertiary/aromatic N) is 2. The number of hydrogen-bond donors (Lipinski definition) is 8. The summed E-state index contributed by atoms with van der Waals surface area (Å²) in [6, 6.07) is 20.2. The minimum atomic E-state index is -1.10. The number of imide groups is 1. The number of pyridine rings is 1. The molecule has 23 nitrogen and oxygen atoms in total. The van der Waals surface area contributed by atoms with E-state index in [-0.39, 0.29) is 76.4 Å². The highest BCUT2D eigenvalue weighted by Crippen LogP contribution is 2.23. The van der Waals surface area contributed by atoms with Crippen molar-refractivity contribution in [3.63, 3.8) is 0 Å². The van der Waals surface area contributed by atoms with Gasteiger partial charge in [-0.15, -0.1) is 5.06 Å². The molecule has 0 aliphatic carbocycles. The van der Waals surface area contributed by atoms with Crippen LogP contribution in [0.3, 0.4) is 0 Å². The Morgan fingerprint density at radius 1 is 0.662 bits per heavy atom. The first-order valence-corrected chi connectivity index (χ1v) is 23.9. The number of urea groups is 1. The SMILES string of the molecule is CC(C)[C@H](NC(=O)CCCCCC(=O)ON1C(=O)CCC1=O)C(=O)N[C@@H](CCCNC(N)=O)C(=O)Nc1ccc(COC(=O)Nc2ccccc2NC(=O)c2ccc(CNC(=O)OCc3cccnc3)cc2)cc1. The molecule has 0 spiro atoms. The predicted molar refractivity (Wildman–Crippen MR) is 267 cm³/mol. The van der Waals surface area contributed by atoms with E-state index in [4.69, 9.17) is 20.0 Å². The van der Waals surface area contributed by atoms with Crippen LogP contribution in [0.25, 0.3) is 0 Å². The van der Waals surface area contributed by atoms with E-state index in [2.05, 4.69) is 42.2 Å². The van der Waals surface area contributed by atoms with Gasteiger partial charge in [-0.2, -0.15) is 0 Å². The molecule has 9 N–H and O–H groups in total. The average molecular weight is 1020 g/mol. The largest absolute Gasteiger partial charge is 0.445 e. The summed E-state index contributed by atoms with van der Waals surface area (Å²) in [5.74, 6) is -4.34. The molecule has 74 heavy (non-hydrogen) atoms. The van der Waals surface area contributed by atoms with Crippen LogP contribution < -0.4 is 43.0 Å². The summed E-state index contributed by atoms with van der Waals surface area (Å²) in [7, 11) is 0. The van der Waals surface area contributed by atoms with E-state index in [1.165, 1.54) is 0 Å². The molecule has 1 saturated heterocycles. The van der Waals surface area contributed by atoms with Gasteiger partial charge in [-0.1, -0.05) is 62.7 Å². The fraction of sp³-hybridized carbons (Fsp3) is 0.353. The van der Waals surface area contributed by atoms with Crippen LogP contribution in [0.5, 0.6) is 0 Å². The van der Waals surface area contributed by atoms with Gasteiger partial charge in [0.2, 0.25) is 17.7 Å². The fourth-order valence-corrected chi connectivity index (χ4v) is 7.10. The molecule has 4 aromatic rings. The highest BCUT2D eigenvalue weighted by atomic mass is 16.7. The van der Waals surface area contributed by atoms with Crippen LogP contribution in [0.4, 0.5) is 31.4 Å². The maximum absolute atomic E-state index is 13.6. The maximum atomic E-state index is 13.6. The second-order valence-corrected chi connectivity index (χ2v) is 17.3. The van der Waals surface area contributed by atoms with Gasteiger partial charge in [-0.25, -0.2) is 19.2 Å². The standard InChI is InChI=1S/C51H60N10O13/c1-32(2)45(60-41(62)14-4-3-5-15-44(65)74-61-42(63)24-25-43(61)64)48(68)58-40(13-9-27-54-49(52)69)47(67)56-37-22-18-34(19-23-37)30-73-51(71)59-39-12-7-6-11-38(39)57-46(66)36-20-16-33(17-21-36)29-55-50(70)72-31-35-10-8-26-53-28-35/h6-8,10-12,16-23,26,28,32,40,45H,3-5,9,13-15,24-25,27,29-31H2,1-2H3,(H,55,70)(H,56,67)(H,57,66)(H,58,68)(H,59,71)(H,60,62)(H3,52,54,69)/t40-,45-/m0/s1. The Hall–Kier alpha value is -8.89. The van der Waals surface area contributed by atoms with E-state index in [1.54, 1.807) is 111 Å². The van der Waals surface area contributed by atoms with Gasteiger partial charge in [0.05, 0.1) is 11.4 Å². The Labute approximate surface area is 426 Å². The minimum absolute atomic E-state index is 0.0126. The van der Waals surface area contributed by atoms with Crippen molar-refractivity contribution in [2.45, 2.75) is 103 Å². The van der Waals surface area contributed by atoms with Gasteiger partial charge in [0, 0.05) is 68.0 Å². The third-order valence-electron chi connectivity index (χ3n) is 11.1. The number of primary amides is 1. The molecule has 1 aromatic heterocycles. The molecular formula is C51H60N10O13. The van der Waals surface area contributed by atoms with Crippen molar-refractivity contribution >= 4 is 76.7 Å². The zero-order chi connectivity index (χ0) is 53.4. The molecular weight excluding hydrogens is 961 g/mol. The lowest BCUT2D eigenvalue weighted by Gasteiger charge is -2.25. The number of carbonyl (C=O) groups is 10. The number of unbranched alkanes of at least 4 members (excludes halogenated alkanes) is 2. The molecule has 0 saturated carbocycles. The molecule has 3 aromatic carbocycles. The van der Waals surface area contributed by atoms with Crippen LogP contribution in [-0.2, 0) is 62.8 Å². The second kappa shape index (κ2) is 28.8. The molecule has 0 unspecified atom stereocenters. The third-order valence-corrected chi connectivity index (χ3v) is 11.1. The first-order chi connectivity index (χ1) is 35.5. The van der Waals surface area contributed by atoms with E-state index in [0.717, 1.165) is 11.1 Å². The van der Waals surface area contributed by atoms with Gasteiger partial charge in [0.1, 0.15) is 25.3 Å². The van der Waals surface area contributed by atoms with E-state index >= 15 is 0 Å². The highest BCUT2D eigenvalue weighted by Gasteiger charge is 2.33. The first kappa shape index (κ1) is 56.0. The zero-order valence-electron chi connectivity index (χ0n) is 40.9. The Morgan fingerprint density at radius 2 is 1.31 bits per heavy atom. The predicted octanol–water partition coefficient (Wildman–Crippen LogP) is 5.08. The Bertz CT molecular complexity index is 2600. The van der Waals surface area contributed by atoms with Crippen LogP contribution in [0.15, 0.2) is 97.3 Å². The first-order valence-electron chi connectivity index (χ1n) is 23.9. The number of anilines is 3. The molecule has 1 aliphatic heterocycles. The zero-order valence-corrected chi connectivity index (χ0v) is 40.9. The van der Waals surface area contributed by atoms with Crippen molar-refractivity contribution in [3.8, 4) is 0 Å². The number of nitrogens with one attached hydrogen (secondary N) is 7. The van der Waals surface area contributed by atoms with Gasteiger partial charge in [0.25, 0.3) is 17.7 Å². The van der Waals surface area contributed by atoms with Crippen molar-refractivity contribution in [2.75, 3.05) is 22.5 Å². The van der Waals surface area contributed by atoms with E-state index in [1.807, 2.05) is 0 Å². The number of nitrogens with two attached hydrogens (primary N) is 1. The molecule has 5 rings (SSSR count). The number of rotatable bonds is 26. The van der Waals surface area contributed by atoms with Crippen LogP contribution in [-0.4, -0.2) is 88.3 Å². The number of benzene rings is 3. The Kier molecular flexibility index (Phi) is 21.8. The summed E-state index contributed by atoms with van der Waals surface area (Å²) in [6.07, 6.45) is 3.25. The van der Waals surface area contributed by atoms with E-state index in [9.17, 15) is 47.9 Å². The Balaban J connectivity index is 1.06. The number of alkyl carbamates (subject to hydrolysis) is 1. The van der Waals surface area contributed by atoms with Crippen molar-refractivity contribution < 1.29 is 62.3 Å². The molecule has 0 bridgehead atoms. The molecule has 0 radical (unpaired) electrons. The highest BCUT2D eigenvalue weighted by molar-refractivity contribution is 6.07. The maximum Gasteiger partial charge on any atom is 0.412 e. The molecule has 392 valence electrons. The quantitative estimate of drug-likeness (QED) is 0.0301. The van der Waals surface area contributed by atoms with E-state index < -0.39 is 71.7 Å². The topological polar surface area (TPSA) is 325 Å². The summed E-state index contributed by atoms with van der Waals surface area (Å²) in [5, 5.41) is 19.2. The third kappa shape index (κ3) is 19.0.